The Labute approximate surface area is 187 Å². The molecule has 0 atom stereocenters. The first kappa shape index (κ1) is 23.2. The molecule has 0 aliphatic carbocycles. The van der Waals surface area contributed by atoms with Crippen molar-refractivity contribution in [3.63, 3.8) is 0 Å². The molecule has 2 aromatic carbocycles. The number of sulfonamides is 1. The van der Waals surface area contributed by atoms with Crippen LogP contribution in [0.3, 0.4) is 0 Å². The predicted octanol–water partition coefficient (Wildman–Crippen LogP) is 2.95. The van der Waals surface area contributed by atoms with E-state index in [0.29, 0.717) is 0 Å². The normalized spacial score (nSPS) is 15.0. The minimum Gasteiger partial charge on any atom is -0.477 e. The standard InChI is InChI=1S/C18H16Cl2FN3O6S/c19-12-1-4-17(16(9-12)24(26)27)30-11-18(25)22-5-7-23(8-6-22)31(28,29)13-2-3-15(21)14(20)10-13/h1-4,9-10H,5-8,11H2. The molecule has 2 aromatic rings. The van der Waals surface area contributed by atoms with E-state index in [-0.39, 0.29) is 52.6 Å². The number of hydrogen-bond donors (Lipinski definition) is 0. The van der Waals surface area contributed by atoms with E-state index in [2.05, 4.69) is 0 Å². The molecule has 31 heavy (non-hydrogen) atoms. The van der Waals surface area contributed by atoms with Gasteiger partial charge in [-0.05, 0) is 30.3 Å². The minimum absolute atomic E-state index is 0.0180. The average Bonchev–Trinajstić information content (AvgIpc) is 2.74. The van der Waals surface area contributed by atoms with Gasteiger partial charge < -0.3 is 9.64 Å². The number of rotatable bonds is 6. The van der Waals surface area contributed by atoms with Gasteiger partial charge in [-0.15, -0.1) is 0 Å². The fourth-order valence-electron chi connectivity index (χ4n) is 2.95. The van der Waals surface area contributed by atoms with Gasteiger partial charge in [-0.2, -0.15) is 4.31 Å². The van der Waals surface area contributed by atoms with Crippen LogP contribution in [0.4, 0.5) is 10.1 Å². The van der Waals surface area contributed by atoms with Crippen molar-refractivity contribution in [3.8, 4) is 5.75 Å². The van der Waals surface area contributed by atoms with E-state index >= 15 is 0 Å². The molecule has 0 unspecified atom stereocenters. The van der Waals surface area contributed by atoms with Crippen molar-refractivity contribution in [1.29, 1.82) is 0 Å². The van der Waals surface area contributed by atoms with Gasteiger partial charge in [0.1, 0.15) is 5.82 Å². The molecule has 1 aliphatic heterocycles. The highest BCUT2D eigenvalue weighted by Gasteiger charge is 2.31. The van der Waals surface area contributed by atoms with Crippen LogP contribution in [0.25, 0.3) is 0 Å². The Morgan fingerprint density at radius 1 is 1.13 bits per heavy atom. The maximum atomic E-state index is 13.3. The van der Waals surface area contributed by atoms with Crippen LogP contribution in [0, 0.1) is 15.9 Å². The maximum absolute atomic E-state index is 13.3. The third-order valence-corrected chi connectivity index (χ3v) is 7.01. The van der Waals surface area contributed by atoms with Crippen molar-refractivity contribution in [2.24, 2.45) is 0 Å². The third kappa shape index (κ3) is 5.24. The number of piperazine rings is 1. The minimum atomic E-state index is -3.90. The number of amides is 1. The second kappa shape index (κ2) is 9.35. The molecule has 0 bridgehead atoms. The second-order valence-corrected chi connectivity index (χ2v) is 9.30. The van der Waals surface area contributed by atoms with Crippen LogP contribution in [0.5, 0.6) is 5.75 Å². The van der Waals surface area contributed by atoms with Crippen LogP contribution in [-0.2, 0) is 14.8 Å². The highest BCUT2D eigenvalue weighted by Crippen LogP contribution is 2.30. The van der Waals surface area contributed by atoms with Crippen LogP contribution in [0.2, 0.25) is 10.0 Å². The van der Waals surface area contributed by atoms with E-state index in [1.165, 1.54) is 21.3 Å². The predicted molar refractivity (Wildman–Crippen MR) is 110 cm³/mol. The number of halogens is 3. The third-order valence-electron chi connectivity index (χ3n) is 4.59. The van der Waals surface area contributed by atoms with Gasteiger partial charge in [0.15, 0.2) is 12.4 Å². The number of nitro groups is 1. The van der Waals surface area contributed by atoms with Crippen molar-refractivity contribution in [2.45, 2.75) is 4.90 Å². The van der Waals surface area contributed by atoms with Gasteiger partial charge in [-0.1, -0.05) is 23.2 Å². The van der Waals surface area contributed by atoms with E-state index in [1.54, 1.807) is 0 Å². The highest BCUT2D eigenvalue weighted by atomic mass is 35.5. The lowest BCUT2D eigenvalue weighted by atomic mass is 10.3. The summed E-state index contributed by atoms with van der Waals surface area (Å²) < 4.78 is 45.2. The average molecular weight is 492 g/mol. The van der Waals surface area contributed by atoms with Gasteiger partial charge in [-0.3, -0.25) is 14.9 Å². The summed E-state index contributed by atoms with van der Waals surface area (Å²) in [6.07, 6.45) is 0. The summed E-state index contributed by atoms with van der Waals surface area (Å²) in [5.41, 5.74) is -0.367. The molecule has 1 amide bonds. The molecule has 0 spiro atoms. The lowest BCUT2D eigenvalue weighted by Crippen LogP contribution is -2.51. The first-order chi connectivity index (χ1) is 14.6. The van der Waals surface area contributed by atoms with E-state index < -0.39 is 33.3 Å². The van der Waals surface area contributed by atoms with E-state index in [9.17, 15) is 27.7 Å². The number of nitro benzene ring substituents is 1. The van der Waals surface area contributed by atoms with Crippen molar-refractivity contribution in [3.05, 3.63) is 62.4 Å². The summed E-state index contributed by atoms with van der Waals surface area (Å²) in [5.74, 6) is -1.28. The van der Waals surface area contributed by atoms with Gasteiger partial charge in [0.25, 0.3) is 5.91 Å². The summed E-state index contributed by atoms with van der Waals surface area (Å²) >= 11 is 11.4. The zero-order chi connectivity index (χ0) is 22.8. The Balaban J connectivity index is 1.60. The maximum Gasteiger partial charge on any atom is 0.312 e. The largest absolute Gasteiger partial charge is 0.477 e. The summed E-state index contributed by atoms with van der Waals surface area (Å²) in [6, 6.07) is 6.96. The van der Waals surface area contributed by atoms with Crippen LogP contribution in [0.1, 0.15) is 0 Å². The SMILES string of the molecule is O=C(COc1ccc(Cl)cc1[N+](=O)[O-])N1CCN(S(=O)(=O)c2ccc(F)c(Cl)c2)CC1. The number of carbonyl (C=O) groups excluding carboxylic acids is 1. The van der Waals surface area contributed by atoms with Gasteiger partial charge in [-0.25, -0.2) is 12.8 Å². The van der Waals surface area contributed by atoms with Gasteiger partial charge in [0, 0.05) is 37.3 Å². The summed E-state index contributed by atoms with van der Waals surface area (Å²) in [4.78, 5) is 24.1. The molecule has 0 aromatic heterocycles. The van der Waals surface area contributed by atoms with Crippen LogP contribution < -0.4 is 4.74 Å². The zero-order valence-corrected chi connectivity index (χ0v) is 18.2. The van der Waals surface area contributed by atoms with Crippen LogP contribution in [0.15, 0.2) is 41.3 Å². The number of ether oxygens (including phenoxy) is 1. The van der Waals surface area contributed by atoms with Crippen molar-refractivity contribution >= 4 is 44.8 Å². The topological polar surface area (TPSA) is 110 Å². The van der Waals surface area contributed by atoms with Crippen LogP contribution >= 0.6 is 23.2 Å². The lowest BCUT2D eigenvalue weighted by Gasteiger charge is -2.34. The lowest BCUT2D eigenvalue weighted by molar-refractivity contribution is -0.385. The van der Waals surface area contributed by atoms with E-state index in [4.69, 9.17) is 27.9 Å². The molecule has 1 aliphatic rings. The molecule has 0 N–H and O–H groups in total. The summed E-state index contributed by atoms with van der Waals surface area (Å²) in [5, 5.41) is 10.9. The van der Waals surface area contributed by atoms with Gasteiger partial charge in [0.05, 0.1) is 14.8 Å². The Bertz CT molecular complexity index is 1120. The molecule has 3 rings (SSSR count). The first-order valence-corrected chi connectivity index (χ1v) is 11.1. The Hall–Kier alpha value is -2.47. The molecule has 1 saturated heterocycles. The Morgan fingerprint density at radius 3 is 2.42 bits per heavy atom. The monoisotopic (exact) mass is 491 g/mol. The quantitative estimate of drug-likeness (QED) is 0.453. The molecular formula is C18H16Cl2FN3O6S. The molecule has 13 heteroatoms. The molecule has 1 fully saturated rings. The highest BCUT2D eigenvalue weighted by molar-refractivity contribution is 7.89. The summed E-state index contributed by atoms with van der Waals surface area (Å²) in [7, 11) is -3.90. The Morgan fingerprint density at radius 2 is 1.81 bits per heavy atom. The Kier molecular flexibility index (Phi) is 6.99. The van der Waals surface area contributed by atoms with Gasteiger partial charge in [0.2, 0.25) is 10.0 Å². The zero-order valence-electron chi connectivity index (χ0n) is 15.8. The number of carbonyl (C=O) groups is 1. The smallest absolute Gasteiger partial charge is 0.312 e. The van der Waals surface area contributed by atoms with Crippen LogP contribution in [-0.4, -0.2) is 61.2 Å². The molecule has 0 radical (unpaired) electrons. The summed E-state index contributed by atoms with van der Waals surface area (Å²) in [6.45, 7) is -0.227. The van der Waals surface area contributed by atoms with Gasteiger partial charge >= 0.3 is 5.69 Å². The second-order valence-electron chi connectivity index (χ2n) is 6.52. The van der Waals surface area contributed by atoms with E-state index in [0.717, 1.165) is 24.3 Å². The first-order valence-electron chi connectivity index (χ1n) is 8.89. The molecule has 166 valence electrons. The fourth-order valence-corrected chi connectivity index (χ4v) is 4.81. The molecule has 1 heterocycles. The van der Waals surface area contributed by atoms with Crippen molar-refractivity contribution < 1.29 is 27.3 Å². The number of nitrogens with zero attached hydrogens (tertiary/aromatic N) is 3. The van der Waals surface area contributed by atoms with Crippen molar-refractivity contribution in [1.82, 2.24) is 9.21 Å². The molecular weight excluding hydrogens is 476 g/mol. The molecule has 9 nitrogen and oxygen atoms in total. The fraction of sp³-hybridized carbons (Fsp3) is 0.278. The number of hydrogen-bond acceptors (Lipinski definition) is 6. The molecule has 0 saturated carbocycles. The van der Waals surface area contributed by atoms with E-state index in [1.807, 2.05) is 0 Å². The number of benzene rings is 2. The van der Waals surface area contributed by atoms with Crippen molar-refractivity contribution in [2.75, 3.05) is 32.8 Å².